The van der Waals surface area contributed by atoms with Crippen molar-refractivity contribution >= 4 is 23.4 Å². The van der Waals surface area contributed by atoms with Crippen molar-refractivity contribution in [2.75, 3.05) is 13.2 Å². The highest BCUT2D eigenvalue weighted by molar-refractivity contribution is 6.30. The molecule has 3 aromatic rings. The van der Waals surface area contributed by atoms with E-state index in [1.165, 1.54) is 18.2 Å². The Morgan fingerprint density at radius 2 is 1.41 bits per heavy atom. The fraction of sp³-hybridized carbons (Fsp3) is 0.154. The van der Waals surface area contributed by atoms with Gasteiger partial charge < -0.3 is 9.64 Å². The third-order valence-electron chi connectivity index (χ3n) is 5.45. The molecule has 1 aliphatic carbocycles. The number of benzene rings is 3. The fourth-order valence-corrected chi connectivity index (χ4v) is 3.79. The minimum absolute atomic E-state index is 0.0188. The van der Waals surface area contributed by atoms with Gasteiger partial charge in [0.15, 0.2) is 18.2 Å². The van der Waals surface area contributed by atoms with Crippen LogP contribution in [-0.4, -0.2) is 41.5 Å². The molecule has 0 saturated heterocycles. The molecule has 32 heavy (non-hydrogen) atoms. The Balaban J connectivity index is 1.52. The molecule has 0 aromatic heterocycles. The smallest absolute Gasteiger partial charge is 0.339 e. The summed E-state index contributed by atoms with van der Waals surface area (Å²) in [5, 5.41) is 0. The molecule has 0 fully saturated rings. The number of amides is 1. The van der Waals surface area contributed by atoms with E-state index in [0.717, 1.165) is 5.56 Å². The Kier molecular flexibility index (Phi) is 5.94. The van der Waals surface area contributed by atoms with E-state index in [1.54, 1.807) is 29.2 Å². The number of esters is 1. The Morgan fingerprint density at radius 3 is 2.09 bits per heavy atom. The van der Waals surface area contributed by atoms with Gasteiger partial charge in [0, 0.05) is 35.3 Å². The lowest BCUT2D eigenvalue weighted by Crippen LogP contribution is -2.34. The van der Waals surface area contributed by atoms with Crippen LogP contribution in [0.4, 0.5) is 0 Å². The Morgan fingerprint density at radius 1 is 0.781 bits per heavy atom. The average molecular weight is 427 g/mol. The summed E-state index contributed by atoms with van der Waals surface area (Å²) in [7, 11) is 0. The zero-order valence-electron chi connectivity index (χ0n) is 17.5. The summed E-state index contributed by atoms with van der Waals surface area (Å²) in [4.78, 5) is 52.9. The summed E-state index contributed by atoms with van der Waals surface area (Å²) in [6.45, 7) is 2.24. The van der Waals surface area contributed by atoms with Crippen molar-refractivity contribution in [1.29, 1.82) is 0 Å². The molecule has 1 amide bonds. The molecule has 0 aliphatic heterocycles. The van der Waals surface area contributed by atoms with Crippen LogP contribution in [0, 0.1) is 0 Å². The van der Waals surface area contributed by atoms with Gasteiger partial charge in [-0.15, -0.1) is 0 Å². The predicted octanol–water partition coefficient (Wildman–Crippen LogP) is 3.67. The van der Waals surface area contributed by atoms with Crippen molar-refractivity contribution in [1.82, 2.24) is 4.90 Å². The molecule has 6 heteroatoms. The number of nitrogens with zero attached hydrogens (tertiary/aromatic N) is 1. The monoisotopic (exact) mass is 427 g/mol. The molecule has 0 N–H and O–H groups in total. The Labute approximate surface area is 185 Å². The molecule has 0 unspecified atom stereocenters. The molecule has 1 aliphatic rings. The van der Waals surface area contributed by atoms with E-state index in [0.29, 0.717) is 18.7 Å². The van der Waals surface area contributed by atoms with Crippen LogP contribution in [0.25, 0.3) is 0 Å². The van der Waals surface area contributed by atoms with E-state index >= 15 is 0 Å². The van der Waals surface area contributed by atoms with E-state index in [4.69, 9.17) is 4.74 Å². The maximum Gasteiger partial charge on any atom is 0.339 e. The summed E-state index contributed by atoms with van der Waals surface area (Å²) in [6.07, 6.45) is 0. The van der Waals surface area contributed by atoms with Crippen LogP contribution in [-0.2, 0) is 16.1 Å². The van der Waals surface area contributed by atoms with Gasteiger partial charge in [0.05, 0.1) is 5.56 Å². The lowest BCUT2D eigenvalue weighted by molar-refractivity contribution is -0.134. The Hall–Kier alpha value is -4.06. The number of hydrogen-bond donors (Lipinski definition) is 0. The quantitative estimate of drug-likeness (QED) is 0.439. The molecule has 0 spiro atoms. The van der Waals surface area contributed by atoms with E-state index in [1.807, 2.05) is 37.3 Å². The SMILES string of the molecule is CCN(Cc1ccccc1)C(=O)COC(=O)c1cccc2c1C(=O)c1ccccc1C2=O. The highest BCUT2D eigenvalue weighted by atomic mass is 16.5. The number of fused-ring (bicyclic) bond motifs is 2. The number of rotatable bonds is 6. The minimum Gasteiger partial charge on any atom is -0.452 e. The van der Waals surface area contributed by atoms with Gasteiger partial charge in [-0.1, -0.05) is 66.7 Å². The predicted molar refractivity (Wildman–Crippen MR) is 118 cm³/mol. The number of ketones is 2. The highest BCUT2D eigenvalue weighted by Gasteiger charge is 2.33. The van der Waals surface area contributed by atoms with Crippen molar-refractivity contribution in [2.24, 2.45) is 0 Å². The normalized spacial score (nSPS) is 12.0. The molecular formula is C26H21NO5. The van der Waals surface area contributed by atoms with Gasteiger partial charge in [0.2, 0.25) is 0 Å². The molecule has 6 nitrogen and oxygen atoms in total. The molecule has 0 atom stereocenters. The van der Waals surface area contributed by atoms with E-state index in [2.05, 4.69) is 0 Å². The van der Waals surface area contributed by atoms with Crippen LogP contribution in [0.15, 0.2) is 72.8 Å². The zero-order chi connectivity index (χ0) is 22.7. The summed E-state index contributed by atoms with van der Waals surface area (Å²) >= 11 is 0. The van der Waals surface area contributed by atoms with Gasteiger partial charge >= 0.3 is 5.97 Å². The van der Waals surface area contributed by atoms with Crippen LogP contribution >= 0.6 is 0 Å². The molecule has 3 aromatic carbocycles. The topological polar surface area (TPSA) is 80.8 Å². The highest BCUT2D eigenvalue weighted by Crippen LogP contribution is 2.29. The van der Waals surface area contributed by atoms with Crippen molar-refractivity contribution in [3.63, 3.8) is 0 Å². The molecule has 4 rings (SSSR count). The first-order chi connectivity index (χ1) is 15.5. The molecule has 0 heterocycles. The average Bonchev–Trinajstić information content (AvgIpc) is 2.84. The van der Waals surface area contributed by atoms with Crippen molar-refractivity contribution in [3.8, 4) is 0 Å². The van der Waals surface area contributed by atoms with Crippen LogP contribution < -0.4 is 0 Å². The summed E-state index contributed by atoms with van der Waals surface area (Å²) < 4.78 is 5.25. The van der Waals surface area contributed by atoms with Crippen LogP contribution in [0.3, 0.4) is 0 Å². The first-order valence-electron chi connectivity index (χ1n) is 10.3. The van der Waals surface area contributed by atoms with Crippen LogP contribution in [0.2, 0.25) is 0 Å². The molecule has 0 radical (unpaired) electrons. The van der Waals surface area contributed by atoms with Gasteiger partial charge in [-0.25, -0.2) is 4.79 Å². The second-order valence-electron chi connectivity index (χ2n) is 7.40. The number of likely N-dealkylation sites (N-methyl/N-ethyl adjacent to an activating group) is 1. The van der Waals surface area contributed by atoms with Gasteiger partial charge in [0.1, 0.15) is 0 Å². The standard InChI is InChI=1S/C26H21NO5/c1-2-27(15-17-9-4-3-5-10-17)22(28)16-32-26(31)21-14-8-13-20-23(21)25(30)19-12-7-6-11-18(19)24(20)29/h3-14H,2,15-16H2,1H3. The minimum atomic E-state index is -0.813. The van der Waals surface area contributed by atoms with Gasteiger partial charge in [-0.2, -0.15) is 0 Å². The first-order valence-corrected chi connectivity index (χ1v) is 10.3. The van der Waals surface area contributed by atoms with E-state index in [9.17, 15) is 19.2 Å². The van der Waals surface area contributed by atoms with Gasteiger partial charge in [0.25, 0.3) is 5.91 Å². The van der Waals surface area contributed by atoms with Gasteiger partial charge in [-0.3, -0.25) is 14.4 Å². The second kappa shape index (κ2) is 8.98. The number of carbonyl (C=O) groups is 4. The summed E-state index contributed by atoms with van der Waals surface area (Å²) in [5.41, 5.74) is 1.69. The van der Waals surface area contributed by atoms with Crippen molar-refractivity contribution in [3.05, 3.63) is 106 Å². The first kappa shape index (κ1) is 21.2. The summed E-state index contributed by atoms with van der Waals surface area (Å²) in [6, 6.07) is 20.5. The fourth-order valence-electron chi connectivity index (χ4n) is 3.79. The van der Waals surface area contributed by atoms with Crippen molar-refractivity contribution in [2.45, 2.75) is 13.5 Å². The zero-order valence-corrected chi connectivity index (χ0v) is 17.5. The third kappa shape index (κ3) is 3.95. The van der Waals surface area contributed by atoms with Gasteiger partial charge in [-0.05, 0) is 18.6 Å². The maximum absolute atomic E-state index is 13.0. The third-order valence-corrected chi connectivity index (χ3v) is 5.45. The van der Waals surface area contributed by atoms with E-state index in [-0.39, 0.29) is 33.9 Å². The lowest BCUT2D eigenvalue weighted by atomic mass is 9.82. The molecule has 0 bridgehead atoms. The number of carbonyl (C=O) groups excluding carboxylic acids is 4. The Bertz CT molecular complexity index is 1220. The van der Waals surface area contributed by atoms with Crippen LogP contribution in [0.1, 0.15) is 54.7 Å². The summed E-state index contributed by atoms with van der Waals surface area (Å²) in [5.74, 6) is -1.89. The number of ether oxygens (including phenoxy) is 1. The second-order valence-corrected chi connectivity index (χ2v) is 7.40. The largest absolute Gasteiger partial charge is 0.452 e. The van der Waals surface area contributed by atoms with E-state index < -0.39 is 18.4 Å². The molecular weight excluding hydrogens is 406 g/mol. The van der Waals surface area contributed by atoms with Crippen molar-refractivity contribution < 1.29 is 23.9 Å². The maximum atomic E-state index is 13.0. The van der Waals surface area contributed by atoms with Crippen LogP contribution in [0.5, 0.6) is 0 Å². The molecule has 0 saturated carbocycles. The number of hydrogen-bond acceptors (Lipinski definition) is 5. The molecule has 160 valence electrons. The lowest BCUT2D eigenvalue weighted by Gasteiger charge is -2.22.